The highest BCUT2D eigenvalue weighted by atomic mass is 79.9. The predicted octanol–water partition coefficient (Wildman–Crippen LogP) is 6.29. The van der Waals surface area contributed by atoms with Crippen LogP contribution >= 0.6 is 15.9 Å². The van der Waals surface area contributed by atoms with Crippen molar-refractivity contribution in [2.24, 2.45) is 0 Å². The van der Waals surface area contributed by atoms with E-state index in [1.54, 1.807) is 0 Å². The lowest BCUT2D eigenvalue weighted by Crippen LogP contribution is -2.18. The number of halogens is 9. The maximum absolute atomic E-state index is 14.1. The second-order valence-electron chi connectivity index (χ2n) is 5.58. The van der Waals surface area contributed by atoms with E-state index in [0.717, 1.165) is 0 Å². The van der Waals surface area contributed by atoms with Gasteiger partial charge in [0.1, 0.15) is 12.2 Å². The van der Waals surface area contributed by atoms with Gasteiger partial charge in [-0.05, 0) is 34.1 Å². The average molecular weight is 519 g/mol. The third-order valence-corrected chi connectivity index (χ3v) is 3.88. The van der Waals surface area contributed by atoms with Crippen LogP contribution in [-0.4, -0.2) is 12.3 Å². The van der Waals surface area contributed by atoms with Gasteiger partial charge in [-0.1, -0.05) is 0 Å². The van der Waals surface area contributed by atoms with E-state index in [1.807, 2.05) is 5.32 Å². The van der Waals surface area contributed by atoms with Crippen LogP contribution in [-0.2, 0) is 11.0 Å². The fourth-order valence-electron chi connectivity index (χ4n) is 2.15. The standard InChI is InChI=1S/C17H7BrF8N2O3/c18-9-5-8(31-17(24,25)26)6-12(28-13(29)1-2-27)14(9)30-15-10(19)3-7(4-11(15)20)16(21,22)23/h3-6H,1H2,(H,28,29). The number of hydrogen-bond donors (Lipinski definition) is 1. The number of alkyl halides is 6. The number of ether oxygens (including phenoxy) is 2. The predicted molar refractivity (Wildman–Crippen MR) is 91.1 cm³/mol. The van der Waals surface area contributed by atoms with Gasteiger partial charge in [0, 0.05) is 6.07 Å². The molecule has 0 fully saturated rings. The zero-order valence-corrected chi connectivity index (χ0v) is 16.2. The third-order valence-electron chi connectivity index (χ3n) is 3.29. The van der Waals surface area contributed by atoms with Crippen molar-refractivity contribution in [2.45, 2.75) is 19.0 Å². The van der Waals surface area contributed by atoms with Crippen LogP contribution in [0.4, 0.5) is 40.8 Å². The van der Waals surface area contributed by atoms with Gasteiger partial charge in [-0.25, -0.2) is 8.78 Å². The molecule has 0 saturated carbocycles. The summed E-state index contributed by atoms with van der Waals surface area (Å²) >= 11 is 2.77. The maximum Gasteiger partial charge on any atom is 0.573 e. The van der Waals surface area contributed by atoms with E-state index >= 15 is 0 Å². The van der Waals surface area contributed by atoms with E-state index in [2.05, 4.69) is 20.7 Å². The van der Waals surface area contributed by atoms with E-state index in [0.29, 0.717) is 12.1 Å². The Hall–Kier alpha value is -3.08. The highest BCUT2D eigenvalue weighted by Crippen LogP contribution is 2.43. The second-order valence-corrected chi connectivity index (χ2v) is 6.44. The van der Waals surface area contributed by atoms with Gasteiger partial charge >= 0.3 is 12.5 Å². The first-order valence-electron chi connectivity index (χ1n) is 7.71. The SMILES string of the molecule is N#CCC(=O)Nc1cc(OC(F)(F)F)cc(Br)c1Oc1c(F)cc(C(F)(F)F)cc1F. The summed E-state index contributed by atoms with van der Waals surface area (Å²) in [7, 11) is 0. The molecule has 0 aliphatic heterocycles. The molecule has 0 atom stereocenters. The molecular formula is C17H7BrF8N2O3. The number of carbonyl (C=O) groups is 1. The van der Waals surface area contributed by atoms with Crippen LogP contribution in [0, 0.1) is 23.0 Å². The van der Waals surface area contributed by atoms with E-state index in [-0.39, 0.29) is 12.1 Å². The molecule has 0 spiro atoms. The summed E-state index contributed by atoms with van der Waals surface area (Å²) in [5.74, 6) is -7.45. The van der Waals surface area contributed by atoms with Crippen LogP contribution in [0.25, 0.3) is 0 Å². The van der Waals surface area contributed by atoms with Gasteiger partial charge < -0.3 is 14.8 Å². The summed E-state index contributed by atoms with van der Waals surface area (Å²) in [6.07, 6.45) is -10.9. The monoisotopic (exact) mass is 518 g/mol. The number of carbonyl (C=O) groups excluding carboxylic acids is 1. The first-order valence-corrected chi connectivity index (χ1v) is 8.50. The van der Waals surface area contributed by atoms with Crippen LogP contribution in [0.15, 0.2) is 28.7 Å². The number of nitriles is 1. The van der Waals surface area contributed by atoms with Crippen molar-refractivity contribution in [3.8, 4) is 23.3 Å². The Morgan fingerprint density at radius 1 is 1.03 bits per heavy atom. The normalized spacial score (nSPS) is 11.6. The molecule has 1 amide bonds. The zero-order chi connectivity index (χ0) is 23.6. The molecule has 0 bridgehead atoms. The number of amides is 1. The minimum Gasteiger partial charge on any atom is -0.448 e. The second kappa shape index (κ2) is 8.96. The van der Waals surface area contributed by atoms with Crippen LogP contribution in [0.2, 0.25) is 0 Å². The quantitative estimate of drug-likeness (QED) is 0.472. The van der Waals surface area contributed by atoms with Crippen molar-refractivity contribution in [1.29, 1.82) is 5.26 Å². The zero-order valence-electron chi connectivity index (χ0n) is 14.6. The summed E-state index contributed by atoms with van der Waals surface area (Å²) in [6.45, 7) is 0. The minimum absolute atomic E-state index is 0.0542. The molecule has 1 N–H and O–H groups in total. The van der Waals surface area contributed by atoms with Crippen molar-refractivity contribution < 1.29 is 49.4 Å². The third kappa shape index (κ3) is 6.45. The van der Waals surface area contributed by atoms with Crippen molar-refractivity contribution in [2.75, 3.05) is 5.32 Å². The Balaban J connectivity index is 2.55. The Morgan fingerprint density at radius 2 is 1.61 bits per heavy atom. The molecule has 166 valence electrons. The van der Waals surface area contributed by atoms with Gasteiger partial charge in [0.2, 0.25) is 5.91 Å². The molecule has 5 nitrogen and oxygen atoms in total. The topological polar surface area (TPSA) is 71.4 Å². The molecule has 2 rings (SSSR count). The Morgan fingerprint density at radius 3 is 2.10 bits per heavy atom. The fourth-order valence-corrected chi connectivity index (χ4v) is 2.67. The number of benzene rings is 2. The van der Waals surface area contributed by atoms with Gasteiger partial charge in [0.25, 0.3) is 0 Å². The number of nitrogens with zero attached hydrogens (tertiary/aromatic N) is 1. The van der Waals surface area contributed by atoms with E-state index in [9.17, 15) is 39.9 Å². The van der Waals surface area contributed by atoms with E-state index < -0.39 is 69.5 Å². The summed E-state index contributed by atoms with van der Waals surface area (Å²) in [5, 5.41) is 10.5. The minimum atomic E-state index is -5.14. The lowest BCUT2D eigenvalue weighted by Gasteiger charge is -2.18. The van der Waals surface area contributed by atoms with E-state index in [1.165, 1.54) is 6.07 Å². The lowest BCUT2D eigenvalue weighted by molar-refractivity contribution is -0.274. The summed E-state index contributed by atoms with van der Waals surface area (Å²) in [5.41, 5.74) is -2.27. The molecule has 0 heterocycles. The van der Waals surface area contributed by atoms with Crippen molar-refractivity contribution in [3.63, 3.8) is 0 Å². The molecular weight excluding hydrogens is 512 g/mol. The smallest absolute Gasteiger partial charge is 0.448 e. The maximum atomic E-state index is 14.1. The van der Waals surface area contributed by atoms with Crippen molar-refractivity contribution in [1.82, 2.24) is 0 Å². The van der Waals surface area contributed by atoms with Crippen molar-refractivity contribution >= 4 is 27.5 Å². The molecule has 14 heteroatoms. The number of rotatable bonds is 5. The van der Waals surface area contributed by atoms with Gasteiger partial charge in [-0.3, -0.25) is 4.79 Å². The highest BCUT2D eigenvalue weighted by molar-refractivity contribution is 9.10. The fraction of sp³-hybridized carbons (Fsp3) is 0.176. The Labute approximate surface area is 176 Å². The molecule has 0 unspecified atom stereocenters. The molecule has 31 heavy (non-hydrogen) atoms. The van der Waals surface area contributed by atoms with E-state index in [4.69, 9.17) is 10.00 Å². The average Bonchev–Trinajstić information content (AvgIpc) is 2.57. The molecule has 2 aromatic rings. The molecule has 0 radical (unpaired) electrons. The lowest BCUT2D eigenvalue weighted by atomic mass is 10.2. The molecule has 2 aromatic carbocycles. The molecule has 0 aromatic heterocycles. The summed E-state index contributed by atoms with van der Waals surface area (Å²) in [4.78, 5) is 11.7. The van der Waals surface area contributed by atoms with Crippen LogP contribution in [0.3, 0.4) is 0 Å². The highest BCUT2D eigenvalue weighted by Gasteiger charge is 2.34. The van der Waals surface area contributed by atoms with Gasteiger partial charge in [0.15, 0.2) is 23.1 Å². The first kappa shape index (κ1) is 24.2. The largest absolute Gasteiger partial charge is 0.573 e. The molecule has 0 aliphatic rings. The first-order chi connectivity index (χ1) is 14.2. The van der Waals surface area contributed by atoms with Gasteiger partial charge in [0.05, 0.1) is 21.8 Å². The van der Waals surface area contributed by atoms with Crippen LogP contribution in [0.1, 0.15) is 12.0 Å². The molecule has 0 aliphatic carbocycles. The van der Waals surface area contributed by atoms with Crippen molar-refractivity contribution in [3.05, 3.63) is 45.9 Å². The molecule has 0 saturated heterocycles. The number of anilines is 1. The summed E-state index contributed by atoms with van der Waals surface area (Å²) in [6, 6.07) is 2.59. The number of nitrogens with one attached hydrogen (secondary N) is 1. The Kier molecular flexibility index (Phi) is 6.99. The number of hydrogen-bond acceptors (Lipinski definition) is 4. The van der Waals surface area contributed by atoms with Gasteiger partial charge in [-0.15, -0.1) is 13.2 Å². The Bertz CT molecular complexity index is 1020. The summed E-state index contributed by atoms with van der Waals surface area (Å²) < 4.78 is 112. The van der Waals surface area contributed by atoms with Crippen LogP contribution < -0.4 is 14.8 Å². The van der Waals surface area contributed by atoms with Crippen LogP contribution in [0.5, 0.6) is 17.2 Å². The van der Waals surface area contributed by atoms with Gasteiger partial charge in [-0.2, -0.15) is 18.4 Å².